The zero-order valence-electron chi connectivity index (χ0n) is 7.39. The summed E-state index contributed by atoms with van der Waals surface area (Å²) < 4.78 is 25.8. The monoisotopic (exact) mass is 205 g/mol. The number of rotatable bonds is 2. The largest absolute Gasteiger partial charge is 0.290 e. The first-order chi connectivity index (χ1) is 6.02. The molecule has 0 aliphatic carbocycles. The van der Waals surface area contributed by atoms with E-state index in [4.69, 9.17) is 11.6 Å². The Balaban J connectivity index is 3.05. The third-order valence-corrected chi connectivity index (χ3v) is 2.29. The minimum atomic E-state index is -0.643. The van der Waals surface area contributed by atoms with Crippen molar-refractivity contribution >= 4 is 11.6 Å². The van der Waals surface area contributed by atoms with Crippen molar-refractivity contribution in [2.75, 3.05) is 14.1 Å². The van der Waals surface area contributed by atoms with Crippen molar-refractivity contribution in [1.29, 1.82) is 0 Å². The van der Waals surface area contributed by atoms with Crippen LogP contribution in [0.15, 0.2) is 18.2 Å². The molecule has 0 saturated heterocycles. The Labute approximate surface area is 80.9 Å². The molecule has 1 rings (SSSR count). The van der Waals surface area contributed by atoms with Gasteiger partial charge < -0.3 is 0 Å². The summed E-state index contributed by atoms with van der Waals surface area (Å²) >= 11 is 5.84. The Kier molecular flexibility index (Phi) is 3.22. The Morgan fingerprint density at radius 1 is 1.31 bits per heavy atom. The van der Waals surface area contributed by atoms with E-state index in [9.17, 15) is 8.78 Å². The highest BCUT2D eigenvalue weighted by Crippen LogP contribution is 2.25. The van der Waals surface area contributed by atoms with Crippen LogP contribution in [-0.2, 0) is 0 Å². The highest BCUT2D eigenvalue weighted by atomic mass is 35.5. The second-order valence-electron chi connectivity index (χ2n) is 2.97. The molecule has 0 heterocycles. The highest BCUT2D eigenvalue weighted by molar-refractivity contribution is 6.20. The number of hydrogen-bond donors (Lipinski definition) is 0. The van der Waals surface area contributed by atoms with Crippen molar-refractivity contribution in [3.8, 4) is 0 Å². The summed E-state index contributed by atoms with van der Waals surface area (Å²) in [6.45, 7) is 0. The van der Waals surface area contributed by atoms with E-state index >= 15 is 0 Å². The molecule has 0 amide bonds. The summed E-state index contributed by atoms with van der Waals surface area (Å²) in [5.41, 5.74) is -0.484. The molecule has 0 aliphatic heterocycles. The molecule has 0 saturated carbocycles. The first-order valence-corrected chi connectivity index (χ1v) is 4.21. The van der Waals surface area contributed by atoms with E-state index in [-0.39, 0.29) is 5.56 Å². The maximum Gasteiger partial charge on any atom is 0.129 e. The number of nitrogens with zero attached hydrogens (tertiary/aromatic N) is 1. The van der Waals surface area contributed by atoms with Gasteiger partial charge in [-0.2, -0.15) is 0 Å². The minimum Gasteiger partial charge on any atom is -0.290 e. The van der Waals surface area contributed by atoms with Crippen LogP contribution in [0.25, 0.3) is 0 Å². The molecule has 0 radical (unpaired) electrons. The zero-order chi connectivity index (χ0) is 10.0. The van der Waals surface area contributed by atoms with Crippen molar-refractivity contribution in [2.24, 2.45) is 0 Å². The van der Waals surface area contributed by atoms with Crippen LogP contribution in [0, 0.1) is 11.6 Å². The van der Waals surface area contributed by atoms with Crippen LogP contribution in [0.1, 0.15) is 11.1 Å². The van der Waals surface area contributed by atoms with Crippen molar-refractivity contribution in [2.45, 2.75) is 5.50 Å². The number of halogens is 3. The Bertz CT molecular complexity index is 302. The summed E-state index contributed by atoms with van der Waals surface area (Å²) in [6, 6.07) is 3.24. The lowest BCUT2D eigenvalue weighted by Gasteiger charge is -2.18. The van der Waals surface area contributed by atoms with Gasteiger partial charge in [-0.1, -0.05) is 0 Å². The Morgan fingerprint density at radius 2 is 1.92 bits per heavy atom. The SMILES string of the molecule is CN(C)C(Cl)c1cc(F)ccc1F. The number of alkyl halides is 1. The Morgan fingerprint density at radius 3 is 2.46 bits per heavy atom. The molecule has 0 bridgehead atoms. The molecule has 1 aromatic carbocycles. The van der Waals surface area contributed by atoms with E-state index in [0.29, 0.717) is 0 Å². The maximum atomic E-state index is 13.1. The molecular formula is C9H10ClF2N. The normalized spacial score (nSPS) is 13.4. The minimum absolute atomic E-state index is 0.159. The van der Waals surface area contributed by atoms with Gasteiger partial charge in [-0.25, -0.2) is 8.78 Å². The van der Waals surface area contributed by atoms with Crippen molar-refractivity contribution in [3.05, 3.63) is 35.4 Å². The fourth-order valence-corrected chi connectivity index (χ4v) is 1.14. The third kappa shape index (κ3) is 2.39. The maximum absolute atomic E-state index is 13.1. The van der Waals surface area contributed by atoms with Gasteiger partial charge in [0.25, 0.3) is 0 Å². The van der Waals surface area contributed by atoms with E-state index < -0.39 is 17.1 Å². The second-order valence-corrected chi connectivity index (χ2v) is 3.38. The fraction of sp³-hybridized carbons (Fsp3) is 0.333. The average Bonchev–Trinajstić information content (AvgIpc) is 2.08. The molecule has 4 heteroatoms. The standard InChI is InChI=1S/C9H10ClF2N/c1-13(2)9(10)7-5-6(11)3-4-8(7)12/h3-5,9H,1-2H3. The summed E-state index contributed by atoms with van der Waals surface area (Å²) in [4.78, 5) is 1.60. The lowest BCUT2D eigenvalue weighted by atomic mass is 10.2. The molecular weight excluding hydrogens is 196 g/mol. The molecule has 1 nitrogen and oxygen atoms in total. The molecule has 0 aliphatic rings. The van der Waals surface area contributed by atoms with Gasteiger partial charge in [0.1, 0.15) is 17.1 Å². The van der Waals surface area contributed by atoms with E-state index in [2.05, 4.69) is 0 Å². The molecule has 1 aromatic rings. The van der Waals surface area contributed by atoms with Crippen molar-refractivity contribution < 1.29 is 8.78 Å². The van der Waals surface area contributed by atoms with E-state index in [1.807, 2.05) is 0 Å². The van der Waals surface area contributed by atoms with E-state index in [1.54, 1.807) is 19.0 Å². The Hall–Kier alpha value is -0.670. The van der Waals surface area contributed by atoms with Crippen LogP contribution in [-0.4, -0.2) is 19.0 Å². The first-order valence-electron chi connectivity index (χ1n) is 3.78. The van der Waals surface area contributed by atoms with Gasteiger partial charge >= 0.3 is 0 Å². The van der Waals surface area contributed by atoms with Crippen LogP contribution in [0.5, 0.6) is 0 Å². The van der Waals surface area contributed by atoms with E-state index in [0.717, 1.165) is 18.2 Å². The van der Waals surface area contributed by atoms with Gasteiger partial charge in [0, 0.05) is 5.56 Å². The predicted molar refractivity (Wildman–Crippen MR) is 48.6 cm³/mol. The number of hydrogen-bond acceptors (Lipinski definition) is 1. The van der Waals surface area contributed by atoms with Crippen LogP contribution in [0.2, 0.25) is 0 Å². The van der Waals surface area contributed by atoms with Gasteiger partial charge in [0.15, 0.2) is 0 Å². The topological polar surface area (TPSA) is 3.24 Å². The predicted octanol–water partition coefficient (Wildman–Crippen LogP) is 2.76. The van der Waals surface area contributed by atoms with Crippen molar-refractivity contribution in [3.63, 3.8) is 0 Å². The zero-order valence-corrected chi connectivity index (χ0v) is 8.15. The summed E-state index contributed by atoms with van der Waals surface area (Å²) in [5.74, 6) is -0.973. The molecule has 0 spiro atoms. The molecule has 0 fully saturated rings. The van der Waals surface area contributed by atoms with Gasteiger partial charge in [0.05, 0.1) is 0 Å². The molecule has 0 N–H and O–H groups in total. The van der Waals surface area contributed by atoms with Crippen LogP contribution < -0.4 is 0 Å². The second kappa shape index (κ2) is 4.03. The molecule has 1 unspecified atom stereocenters. The van der Waals surface area contributed by atoms with Gasteiger partial charge in [-0.05, 0) is 32.3 Å². The van der Waals surface area contributed by atoms with Crippen LogP contribution >= 0.6 is 11.6 Å². The average molecular weight is 206 g/mol. The third-order valence-electron chi connectivity index (χ3n) is 1.67. The van der Waals surface area contributed by atoms with E-state index in [1.165, 1.54) is 0 Å². The fourth-order valence-electron chi connectivity index (χ4n) is 0.975. The lowest BCUT2D eigenvalue weighted by Crippen LogP contribution is -2.16. The van der Waals surface area contributed by atoms with Gasteiger partial charge in [0.2, 0.25) is 0 Å². The highest BCUT2D eigenvalue weighted by Gasteiger charge is 2.15. The quantitative estimate of drug-likeness (QED) is 0.530. The summed E-state index contributed by atoms with van der Waals surface area (Å²) in [7, 11) is 3.39. The lowest BCUT2D eigenvalue weighted by molar-refractivity contribution is 0.374. The number of benzene rings is 1. The smallest absolute Gasteiger partial charge is 0.129 e. The summed E-state index contributed by atoms with van der Waals surface area (Å²) in [5, 5.41) is 0. The van der Waals surface area contributed by atoms with Crippen molar-refractivity contribution in [1.82, 2.24) is 4.90 Å². The van der Waals surface area contributed by atoms with Gasteiger partial charge in [-0.3, -0.25) is 4.90 Å². The van der Waals surface area contributed by atoms with Gasteiger partial charge in [-0.15, -0.1) is 11.6 Å². The van der Waals surface area contributed by atoms with Crippen LogP contribution in [0.4, 0.5) is 8.78 Å². The molecule has 0 aromatic heterocycles. The molecule has 72 valence electrons. The molecule has 1 atom stereocenters. The van der Waals surface area contributed by atoms with Crippen LogP contribution in [0.3, 0.4) is 0 Å². The summed E-state index contributed by atoms with van der Waals surface area (Å²) in [6.07, 6.45) is 0. The molecule has 13 heavy (non-hydrogen) atoms. The first kappa shape index (κ1) is 10.4.